The summed E-state index contributed by atoms with van der Waals surface area (Å²) in [4.78, 5) is 0. The number of hydrogen-bond acceptors (Lipinski definition) is 3. The van der Waals surface area contributed by atoms with Crippen LogP contribution in [-0.4, -0.2) is 26.5 Å². The van der Waals surface area contributed by atoms with Gasteiger partial charge in [0.2, 0.25) is 0 Å². The molecular weight excluding hydrogens is 152 g/mol. The monoisotopic (exact) mass is 158 g/mol. The van der Waals surface area contributed by atoms with Crippen LogP contribution in [0.15, 0.2) is 17.8 Å². The summed E-state index contributed by atoms with van der Waals surface area (Å²) in [6.07, 6.45) is 3.02. The second-order valence-electron chi connectivity index (χ2n) is 1.81. The molecule has 0 fully saturated rings. The number of alkyl halides is 1. The highest BCUT2D eigenvalue weighted by Crippen LogP contribution is 1.85. The van der Waals surface area contributed by atoms with Crippen molar-refractivity contribution in [1.82, 2.24) is 14.9 Å². The van der Waals surface area contributed by atoms with E-state index < -0.39 is 0 Å². The van der Waals surface area contributed by atoms with Gasteiger partial charge in [0.1, 0.15) is 12.7 Å². The summed E-state index contributed by atoms with van der Waals surface area (Å²) in [7, 11) is 0. The number of rotatable bonds is 2. The Hall–Kier alpha value is -0.900. The van der Waals surface area contributed by atoms with Gasteiger partial charge in [-0.15, -0.1) is 21.8 Å². The predicted molar refractivity (Wildman–Crippen MR) is 39.2 cm³/mol. The summed E-state index contributed by atoms with van der Waals surface area (Å²) in [5.41, 5.74) is 0.835. The molecule has 54 valence electrons. The maximum atomic E-state index is 5.48. The Balaban J connectivity index is 2.71. The number of aromatic nitrogens is 3. The summed E-state index contributed by atoms with van der Waals surface area (Å²) in [6, 6.07) is 0. The second-order valence-corrected chi connectivity index (χ2v) is 2.08. The van der Waals surface area contributed by atoms with E-state index in [0.717, 1.165) is 5.71 Å². The Kier molecular flexibility index (Phi) is 2.39. The van der Waals surface area contributed by atoms with E-state index in [9.17, 15) is 0 Å². The number of nitrogens with zero attached hydrogens (tertiary/aromatic N) is 4. The third-order valence-corrected chi connectivity index (χ3v) is 1.27. The minimum atomic E-state index is 0.429. The van der Waals surface area contributed by atoms with E-state index in [4.69, 9.17) is 11.6 Å². The Morgan fingerprint density at radius 3 is 2.70 bits per heavy atom. The van der Waals surface area contributed by atoms with Crippen molar-refractivity contribution in [2.75, 3.05) is 5.88 Å². The summed E-state index contributed by atoms with van der Waals surface area (Å²) in [5.74, 6) is 0.429. The molecule has 0 saturated heterocycles. The fraction of sp³-hybridized carbons (Fsp3) is 0.400. The predicted octanol–water partition coefficient (Wildman–Crippen LogP) is 0.741. The Bertz CT molecular complexity index is 216. The van der Waals surface area contributed by atoms with Gasteiger partial charge in [0.15, 0.2) is 0 Å². The molecule has 0 saturated carbocycles. The molecule has 0 aromatic carbocycles. The normalized spacial score (nSPS) is 12.0. The summed E-state index contributed by atoms with van der Waals surface area (Å²) < 4.78 is 1.51. The fourth-order valence-electron chi connectivity index (χ4n) is 0.471. The molecule has 1 aromatic rings. The van der Waals surface area contributed by atoms with Crippen LogP contribution in [0.1, 0.15) is 6.92 Å². The van der Waals surface area contributed by atoms with E-state index in [1.165, 1.54) is 17.3 Å². The van der Waals surface area contributed by atoms with E-state index >= 15 is 0 Å². The Labute approximate surface area is 63.5 Å². The SMILES string of the molecule is C/C(CCl)=N\n1cnnc1. The highest BCUT2D eigenvalue weighted by atomic mass is 35.5. The highest BCUT2D eigenvalue weighted by molar-refractivity contribution is 6.28. The van der Waals surface area contributed by atoms with Crippen LogP contribution in [0.5, 0.6) is 0 Å². The van der Waals surface area contributed by atoms with Crippen molar-refractivity contribution < 1.29 is 0 Å². The maximum Gasteiger partial charge on any atom is 0.141 e. The van der Waals surface area contributed by atoms with E-state index in [0.29, 0.717) is 5.88 Å². The molecule has 0 unspecified atom stereocenters. The molecule has 0 N–H and O–H groups in total. The third-order valence-electron chi connectivity index (χ3n) is 0.886. The van der Waals surface area contributed by atoms with Gasteiger partial charge in [-0.05, 0) is 6.92 Å². The van der Waals surface area contributed by atoms with Gasteiger partial charge < -0.3 is 0 Å². The van der Waals surface area contributed by atoms with E-state index in [-0.39, 0.29) is 0 Å². The molecule has 0 radical (unpaired) electrons. The van der Waals surface area contributed by atoms with Crippen LogP contribution in [0.3, 0.4) is 0 Å². The first-order valence-electron chi connectivity index (χ1n) is 2.78. The van der Waals surface area contributed by atoms with E-state index in [1.807, 2.05) is 6.92 Å². The zero-order valence-corrected chi connectivity index (χ0v) is 6.28. The van der Waals surface area contributed by atoms with Crippen LogP contribution in [0.25, 0.3) is 0 Å². The van der Waals surface area contributed by atoms with Crippen LogP contribution >= 0.6 is 11.6 Å². The van der Waals surface area contributed by atoms with Crippen molar-refractivity contribution in [3.63, 3.8) is 0 Å². The van der Waals surface area contributed by atoms with Gasteiger partial charge in [-0.1, -0.05) is 0 Å². The standard InChI is InChI=1S/C5H7ClN4/c1-5(2-6)9-10-3-7-8-4-10/h3-4H,2H2,1H3/b9-5+. The molecule has 0 aliphatic heterocycles. The van der Waals surface area contributed by atoms with Crippen LogP contribution in [-0.2, 0) is 0 Å². The molecule has 1 rings (SSSR count). The molecule has 5 heteroatoms. The van der Waals surface area contributed by atoms with Crippen molar-refractivity contribution >= 4 is 17.3 Å². The molecular formula is C5H7ClN4. The zero-order chi connectivity index (χ0) is 7.40. The van der Waals surface area contributed by atoms with Gasteiger partial charge in [-0.25, -0.2) is 4.68 Å². The molecule has 0 bridgehead atoms. The topological polar surface area (TPSA) is 43.1 Å². The van der Waals surface area contributed by atoms with Crippen molar-refractivity contribution in [3.05, 3.63) is 12.7 Å². The van der Waals surface area contributed by atoms with Gasteiger partial charge in [-0.3, -0.25) is 0 Å². The van der Waals surface area contributed by atoms with E-state index in [2.05, 4.69) is 15.3 Å². The van der Waals surface area contributed by atoms with Gasteiger partial charge in [-0.2, -0.15) is 5.10 Å². The minimum absolute atomic E-state index is 0.429. The lowest BCUT2D eigenvalue weighted by molar-refractivity contribution is 0.869. The van der Waals surface area contributed by atoms with Gasteiger partial charge in [0, 0.05) is 0 Å². The third kappa shape index (κ3) is 1.80. The zero-order valence-electron chi connectivity index (χ0n) is 5.53. The Morgan fingerprint density at radius 2 is 2.20 bits per heavy atom. The lowest BCUT2D eigenvalue weighted by Crippen LogP contribution is -1.96. The second kappa shape index (κ2) is 3.31. The average Bonchev–Trinajstić information content (AvgIpc) is 2.40. The molecule has 0 amide bonds. The molecule has 0 aliphatic carbocycles. The van der Waals surface area contributed by atoms with Crippen LogP contribution in [0.4, 0.5) is 0 Å². The summed E-state index contributed by atoms with van der Waals surface area (Å²) in [6.45, 7) is 1.84. The van der Waals surface area contributed by atoms with Crippen LogP contribution in [0, 0.1) is 0 Å². The maximum absolute atomic E-state index is 5.48. The summed E-state index contributed by atoms with van der Waals surface area (Å²) >= 11 is 5.48. The van der Waals surface area contributed by atoms with Crippen molar-refractivity contribution in [2.24, 2.45) is 5.10 Å². The van der Waals surface area contributed by atoms with Gasteiger partial charge >= 0.3 is 0 Å². The first-order chi connectivity index (χ1) is 4.83. The first-order valence-corrected chi connectivity index (χ1v) is 3.31. The van der Waals surface area contributed by atoms with Gasteiger partial charge in [0.05, 0.1) is 11.6 Å². The molecule has 0 aliphatic rings. The highest BCUT2D eigenvalue weighted by Gasteiger charge is 1.87. The summed E-state index contributed by atoms with van der Waals surface area (Å²) in [5, 5.41) is 11.2. The smallest absolute Gasteiger partial charge is 0.141 e. The molecule has 0 spiro atoms. The lowest BCUT2D eigenvalue weighted by atomic mass is 10.5. The minimum Gasteiger partial charge on any atom is -0.208 e. The largest absolute Gasteiger partial charge is 0.208 e. The van der Waals surface area contributed by atoms with E-state index in [1.54, 1.807) is 0 Å². The number of hydrogen-bond donors (Lipinski definition) is 0. The van der Waals surface area contributed by atoms with Crippen molar-refractivity contribution in [2.45, 2.75) is 6.92 Å². The van der Waals surface area contributed by atoms with Gasteiger partial charge in [0.25, 0.3) is 0 Å². The molecule has 0 atom stereocenters. The number of halogens is 1. The first kappa shape index (κ1) is 7.21. The van der Waals surface area contributed by atoms with Crippen LogP contribution in [0.2, 0.25) is 0 Å². The Morgan fingerprint density at radius 1 is 1.60 bits per heavy atom. The molecule has 1 aromatic heterocycles. The average molecular weight is 159 g/mol. The molecule has 4 nitrogen and oxygen atoms in total. The lowest BCUT2D eigenvalue weighted by Gasteiger charge is -1.91. The van der Waals surface area contributed by atoms with Crippen molar-refractivity contribution in [3.8, 4) is 0 Å². The van der Waals surface area contributed by atoms with Crippen LogP contribution < -0.4 is 0 Å². The fourth-order valence-corrected chi connectivity index (χ4v) is 0.524. The quantitative estimate of drug-likeness (QED) is 0.471. The molecule has 1 heterocycles. The van der Waals surface area contributed by atoms with Crippen molar-refractivity contribution in [1.29, 1.82) is 0 Å². The molecule has 10 heavy (non-hydrogen) atoms.